The number of hydrogen-bond acceptors (Lipinski definition) is 7. The summed E-state index contributed by atoms with van der Waals surface area (Å²) in [5.74, 6) is 2.33. The molecule has 7 rings (SSSR count). The number of hydrogen-bond donors (Lipinski definition) is 0. The number of piperidine rings is 1. The third-order valence-corrected chi connectivity index (χ3v) is 10.7. The molecule has 2 saturated heterocycles. The molecule has 4 aromatic rings. The van der Waals surface area contributed by atoms with Crippen molar-refractivity contribution < 1.29 is 14.2 Å². The number of nitriles is 1. The van der Waals surface area contributed by atoms with Crippen molar-refractivity contribution in [3.05, 3.63) is 105 Å². The van der Waals surface area contributed by atoms with Crippen molar-refractivity contribution in [1.82, 2.24) is 14.8 Å². The second kappa shape index (κ2) is 16.3. The van der Waals surface area contributed by atoms with Gasteiger partial charge in [0.1, 0.15) is 36.0 Å². The van der Waals surface area contributed by atoms with E-state index >= 15 is 0 Å². The van der Waals surface area contributed by atoms with Crippen LogP contribution in [0, 0.1) is 18.3 Å². The predicted molar refractivity (Wildman–Crippen MR) is 198 cm³/mol. The van der Waals surface area contributed by atoms with Gasteiger partial charge in [-0.25, -0.2) is 0 Å². The first-order valence-corrected chi connectivity index (χ1v) is 18.7. The van der Waals surface area contributed by atoms with Crippen molar-refractivity contribution in [3.63, 3.8) is 0 Å². The van der Waals surface area contributed by atoms with E-state index in [9.17, 15) is 5.26 Å². The Kier molecular flexibility index (Phi) is 11.2. The van der Waals surface area contributed by atoms with Crippen LogP contribution in [0.1, 0.15) is 84.4 Å². The van der Waals surface area contributed by atoms with E-state index in [2.05, 4.69) is 64.2 Å². The summed E-state index contributed by atoms with van der Waals surface area (Å²) in [5, 5.41) is 9.94. The Morgan fingerprint density at radius 2 is 1.64 bits per heavy atom. The second-order valence-electron chi connectivity index (χ2n) is 13.9. The first kappa shape index (κ1) is 34.4. The highest BCUT2D eigenvalue weighted by Gasteiger charge is 2.28. The lowest BCUT2D eigenvalue weighted by Crippen LogP contribution is -2.29. The Balaban J connectivity index is 1.09. The van der Waals surface area contributed by atoms with Crippen molar-refractivity contribution >= 4 is 11.6 Å². The van der Waals surface area contributed by atoms with Gasteiger partial charge in [0.05, 0.1) is 17.2 Å². The van der Waals surface area contributed by atoms with Gasteiger partial charge in [-0.15, -0.1) is 0 Å². The molecule has 0 N–H and O–H groups in total. The number of nitrogens with zero attached hydrogens (tertiary/aromatic N) is 4. The third-order valence-electron chi connectivity index (χ3n) is 10.4. The van der Waals surface area contributed by atoms with Crippen LogP contribution < -0.4 is 14.2 Å². The van der Waals surface area contributed by atoms with Gasteiger partial charge in [0, 0.05) is 42.7 Å². The number of aromatic nitrogens is 1. The summed E-state index contributed by atoms with van der Waals surface area (Å²) in [6.07, 6.45) is 12.3. The van der Waals surface area contributed by atoms with E-state index in [-0.39, 0.29) is 6.10 Å². The van der Waals surface area contributed by atoms with Gasteiger partial charge in [-0.1, -0.05) is 48.4 Å². The fourth-order valence-electron chi connectivity index (χ4n) is 7.75. The molecule has 2 aliphatic heterocycles. The molecule has 2 fully saturated rings. The number of pyridine rings is 1. The minimum absolute atomic E-state index is 0.120. The van der Waals surface area contributed by atoms with Crippen molar-refractivity contribution in [3.8, 4) is 34.4 Å². The quantitative estimate of drug-likeness (QED) is 0.130. The summed E-state index contributed by atoms with van der Waals surface area (Å²) in [5.41, 5.74) is 8.56. The number of rotatable bonds is 13. The Morgan fingerprint density at radius 1 is 0.860 bits per heavy atom. The standard InChI is InChI=1S/C42H47ClN4O3/c1-30-34(10-8-13-39(30)48-21-9-20-46-16-5-6-17-46)35-11-7-12-37-36(35)14-15-40(37)50-42-24-41(49-29-32-22-31(25-44)26-45-27-32)33(23-38(42)43)28-47-18-3-2-4-19-47/h7-8,10-13,22-24,26-27,40H,2-6,9,14-21,28-29H2,1H3. The molecule has 0 saturated carbocycles. The van der Waals surface area contributed by atoms with Gasteiger partial charge >= 0.3 is 0 Å². The zero-order valence-electron chi connectivity index (χ0n) is 29.1. The molecule has 3 aliphatic rings. The summed E-state index contributed by atoms with van der Waals surface area (Å²) in [6, 6.07) is 20.9. The van der Waals surface area contributed by atoms with E-state index in [1.807, 2.05) is 18.2 Å². The molecule has 3 aromatic carbocycles. The molecule has 0 amide bonds. The predicted octanol–water partition coefficient (Wildman–Crippen LogP) is 9.08. The topological polar surface area (TPSA) is 70.9 Å². The highest BCUT2D eigenvalue weighted by molar-refractivity contribution is 6.32. The summed E-state index contributed by atoms with van der Waals surface area (Å²) in [6.45, 7) is 9.66. The van der Waals surface area contributed by atoms with E-state index in [1.165, 1.54) is 73.0 Å². The fourth-order valence-corrected chi connectivity index (χ4v) is 7.99. The molecule has 50 heavy (non-hydrogen) atoms. The van der Waals surface area contributed by atoms with Crippen LogP contribution in [0.4, 0.5) is 0 Å². The number of likely N-dealkylation sites (tertiary alicyclic amines) is 2. The van der Waals surface area contributed by atoms with Crippen LogP contribution in [-0.4, -0.2) is 54.1 Å². The molecular weight excluding hydrogens is 644 g/mol. The lowest BCUT2D eigenvalue weighted by molar-refractivity contribution is 0.203. The summed E-state index contributed by atoms with van der Waals surface area (Å²) >= 11 is 6.97. The van der Waals surface area contributed by atoms with Crippen molar-refractivity contribution in [2.45, 2.75) is 77.5 Å². The number of fused-ring (bicyclic) bond motifs is 1. The van der Waals surface area contributed by atoms with Crippen molar-refractivity contribution in [1.29, 1.82) is 5.26 Å². The Morgan fingerprint density at radius 3 is 2.48 bits per heavy atom. The molecule has 7 nitrogen and oxygen atoms in total. The van der Waals surface area contributed by atoms with E-state index in [4.69, 9.17) is 25.8 Å². The maximum Gasteiger partial charge on any atom is 0.142 e. The molecule has 3 heterocycles. The zero-order valence-corrected chi connectivity index (χ0v) is 29.9. The van der Waals surface area contributed by atoms with E-state index in [0.717, 1.165) is 74.7 Å². The minimum Gasteiger partial charge on any atom is -0.493 e. The van der Waals surface area contributed by atoms with Gasteiger partial charge in [0.15, 0.2) is 0 Å². The van der Waals surface area contributed by atoms with Gasteiger partial charge in [-0.05, 0) is 124 Å². The number of ether oxygens (including phenoxy) is 3. The monoisotopic (exact) mass is 690 g/mol. The molecule has 8 heteroatoms. The Hall–Kier alpha value is -4.09. The average molecular weight is 691 g/mol. The van der Waals surface area contributed by atoms with E-state index in [0.29, 0.717) is 22.9 Å². The molecule has 0 radical (unpaired) electrons. The van der Waals surface area contributed by atoms with Crippen molar-refractivity contribution in [2.75, 3.05) is 39.3 Å². The number of halogens is 1. The molecule has 1 aromatic heterocycles. The normalized spacial score (nSPS) is 17.7. The molecule has 1 atom stereocenters. The number of benzene rings is 3. The first-order valence-electron chi connectivity index (χ1n) is 18.3. The summed E-state index contributed by atoms with van der Waals surface area (Å²) < 4.78 is 19.5. The fraction of sp³-hybridized carbons (Fsp3) is 0.429. The molecule has 0 spiro atoms. The average Bonchev–Trinajstić information content (AvgIpc) is 3.82. The first-order chi connectivity index (χ1) is 24.6. The third kappa shape index (κ3) is 8.10. The van der Waals surface area contributed by atoms with Crippen molar-refractivity contribution in [2.24, 2.45) is 0 Å². The molecule has 0 bridgehead atoms. The molecule has 1 unspecified atom stereocenters. The SMILES string of the molecule is Cc1c(OCCCN2CCCC2)cccc1-c1cccc2c1CCC2Oc1cc(OCc2cncc(C#N)c2)c(CN2CCCCC2)cc1Cl. The second-order valence-corrected chi connectivity index (χ2v) is 14.3. The van der Waals surface area contributed by atoms with E-state index < -0.39 is 0 Å². The lowest BCUT2D eigenvalue weighted by atomic mass is 9.93. The maximum absolute atomic E-state index is 9.35. The van der Waals surface area contributed by atoms with Gasteiger partial charge in [0.2, 0.25) is 0 Å². The maximum atomic E-state index is 9.35. The smallest absolute Gasteiger partial charge is 0.142 e. The van der Waals surface area contributed by atoms with Gasteiger partial charge in [-0.3, -0.25) is 9.88 Å². The van der Waals surface area contributed by atoms with Crippen LogP contribution in [0.2, 0.25) is 5.02 Å². The summed E-state index contributed by atoms with van der Waals surface area (Å²) in [4.78, 5) is 9.21. The largest absolute Gasteiger partial charge is 0.493 e. The van der Waals surface area contributed by atoms with Crippen LogP contribution in [0.25, 0.3) is 11.1 Å². The molecule has 260 valence electrons. The zero-order chi connectivity index (χ0) is 34.3. The molecular formula is C42H47ClN4O3. The van der Waals surface area contributed by atoms with E-state index in [1.54, 1.807) is 12.4 Å². The lowest BCUT2D eigenvalue weighted by Gasteiger charge is -2.27. The Bertz CT molecular complexity index is 1830. The Labute approximate surface area is 301 Å². The highest BCUT2D eigenvalue weighted by Crippen LogP contribution is 2.44. The minimum atomic E-state index is -0.120. The summed E-state index contributed by atoms with van der Waals surface area (Å²) in [7, 11) is 0. The van der Waals surface area contributed by atoms with Crippen LogP contribution in [0.5, 0.6) is 17.2 Å². The van der Waals surface area contributed by atoms with Crippen LogP contribution in [0.3, 0.4) is 0 Å². The highest BCUT2D eigenvalue weighted by atomic mass is 35.5. The van der Waals surface area contributed by atoms with Gasteiger partial charge in [0.25, 0.3) is 0 Å². The van der Waals surface area contributed by atoms with Gasteiger partial charge in [-0.2, -0.15) is 5.26 Å². The molecule has 1 aliphatic carbocycles. The van der Waals surface area contributed by atoms with Gasteiger partial charge < -0.3 is 19.1 Å². The van der Waals surface area contributed by atoms with Crippen LogP contribution in [0.15, 0.2) is 67.0 Å². The van der Waals surface area contributed by atoms with Crippen LogP contribution >= 0.6 is 11.6 Å². The van der Waals surface area contributed by atoms with Crippen LogP contribution in [-0.2, 0) is 19.6 Å².